The number of hydrogen-bond donors (Lipinski definition) is 3. The molecule has 0 bridgehead atoms. The van der Waals surface area contributed by atoms with Crippen LogP contribution in [0, 0.1) is 0 Å². The van der Waals surface area contributed by atoms with E-state index in [0.29, 0.717) is 28.7 Å². The second-order valence-corrected chi connectivity index (χ2v) is 5.15. The average Bonchev–Trinajstić information content (AvgIpc) is 2.51. The summed E-state index contributed by atoms with van der Waals surface area (Å²) in [6.07, 6.45) is 0. The fourth-order valence-electron chi connectivity index (χ4n) is 1.56. The Hall–Kier alpha value is -2.06. The van der Waals surface area contributed by atoms with Gasteiger partial charge in [-0.25, -0.2) is 0 Å². The number of likely N-dealkylation sites (N-methyl/N-ethyl adjacent to an activating group) is 1. The van der Waals surface area contributed by atoms with Crippen molar-refractivity contribution in [3.05, 3.63) is 23.8 Å². The first-order valence-corrected chi connectivity index (χ1v) is 7.09. The predicted molar refractivity (Wildman–Crippen MR) is 89.3 cm³/mol. The highest BCUT2D eigenvalue weighted by molar-refractivity contribution is 7.80. The summed E-state index contributed by atoms with van der Waals surface area (Å²) < 4.78 is 10.3. The molecule has 0 aliphatic rings. The minimum atomic E-state index is -0.339. The lowest BCUT2D eigenvalue weighted by Crippen LogP contribution is -2.47. The molecule has 1 amide bonds. The molecule has 8 heteroatoms. The van der Waals surface area contributed by atoms with Gasteiger partial charge in [-0.1, -0.05) is 0 Å². The number of nitrogens with one attached hydrogen (secondary N) is 3. The van der Waals surface area contributed by atoms with Gasteiger partial charge in [-0.3, -0.25) is 15.6 Å². The number of amides is 1. The molecule has 7 nitrogen and oxygen atoms in total. The first kappa shape index (κ1) is 18.0. The van der Waals surface area contributed by atoms with Gasteiger partial charge in [0.1, 0.15) is 11.5 Å². The number of nitrogens with zero attached hydrogens (tertiary/aromatic N) is 1. The largest absolute Gasteiger partial charge is 0.497 e. The number of carbonyl (C=O) groups is 1. The Kier molecular flexibility index (Phi) is 7.41. The Balaban J connectivity index is 2.53. The van der Waals surface area contributed by atoms with E-state index in [2.05, 4.69) is 16.2 Å². The van der Waals surface area contributed by atoms with Gasteiger partial charge in [-0.15, -0.1) is 0 Å². The van der Waals surface area contributed by atoms with E-state index >= 15 is 0 Å². The van der Waals surface area contributed by atoms with Crippen molar-refractivity contribution >= 4 is 23.2 Å². The van der Waals surface area contributed by atoms with Gasteiger partial charge in [-0.2, -0.15) is 0 Å². The molecule has 0 aliphatic carbocycles. The molecule has 0 saturated heterocycles. The summed E-state index contributed by atoms with van der Waals surface area (Å²) in [5.74, 6) is 0.737. The van der Waals surface area contributed by atoms with Crippen LogP contribution in [0.4, 0.5) is 0 Å². The molecule has 0 heterocycles. The Morgan fingerprint density at radius 1 is 1.14 bits per heavy atom. The molecule has 3 N–H and O–H groups in total. The van der Waals surface area contributed by atoms with Crippen molar-refractivity contribution < 1.29 is 14.3 Å². The molecule has 1 aromatic carbocycles. The fraction of sp³-hybridized carbons (Fsp3) is 0.429. The average molecular weight is 326 g/mol. The maximum absolute atomic E-state index is 12.1. The quantitative estimate of drug-likeness (QED) is 0.515. The van der Waals surface area contributed by atoms with Crippen LogP contribution in [-0.2, 0) is 0 Å². The second-order valence-electron chi connectivity index (χ2n) is 4.74. The number of hydrazine groups is 1. The van der Waals surface area contributed by atoms with Crippen LogP contribution in [0.2, 0.25) is 0 Å². The molecule has 0 aromatic heterocycles. The molecular formula is C14H22N4O3S. The standard InChI is InChI=1S/C14H22N4O3S/c1-18(2)6-5-15-14(22)17-16-13(19)10-7-11(20-3)9-12(8-10)21-4/h7-9H,5-6H2,1-4H3,(H,16,19)(H2,15,17,22). The van der Waals surface area contributed by atoms with E-state index in [1.54, 1.807) is 18.2 Å². The molecule has 0 fully saturated rings. The van der Waals surface area contributed by atoms with Crippen LogP contribution in [-0.4, -0.2) is 57.3 Å². The normalized spacial score (nSPS) is 10.0. The van der Waals surface area contributed by atoms with Crippen LogP contribution in [0.15, 0.2) is 18.2 Å². The van der Waals surface area contributed by atoms with E-state index in [0.717, 1.165) is 6.54 Å². The van der Waals surface area contributed by atoms with Gasteiger partial charge in [0, 0.05) is 24.7 Å². The van der Waals surface area contributed by atoms with Crippen LogP contribution < -0.4 is 25.6 Å². The third kappa shape index (κ3) is 6.15. The Bertz CT molecular complexity index is 501. The second kappa shape index (κ2) is 9.06. The van der Waals surface area contributed by atoms with E-state index in [1.807, 2.05) is 19.0 Å². The third-order valence-electron chi connectivity index (χ3n) is 2.75. The third-order valence-corrected chi connectivity index (χ3v) is 2.99. The first-order valence-electron chi connectivity index (χ1n) is 6.68. The molecule has 0 saturated carbocycles. The number of rotatable bonds is 6. The van der Waals surface area contributed by atoms with Crippen molar-refractivity contribution in [2.45, 2.75) is 0 Å². The van der Waals surface area contributed by atoms with Crippen LogP contribution >= 0.6 is 12.2 Å². The fourth-order valence-corrected chi connectivity index (χ4v) is 1.71. The van der Waals surface area contributed by atoms with E-state index < -0.39 is 0 Å². The van der Waals surface area contributed by atoms with Crippen LogP contribution in [0.25, 0.3) is 0 Å². The number of carbonyl (C=O) groups excluding carboxylic acids is 1. The zero-order valence-electron chi connectivity index (χ0n) is 13.2. The molecule has 22 heavy (non-hydrogen) atoms. The SMILES string of the molecule is COc1cc(OC)cc(C(=O)NNC(=S)NCCN(C)C)c1. The van der Waals surface area contributed by atoms with Gasteiger partial charge < -0.3 is 19.7 Å². The molecule has 0 spiro atoms. The van der Waals surface area contributed by atoms with Crippen LogP contribution in [0.1, 0.15) is 10.4 Å². The number of hydrogen-bond acceptors (Lipinski definition) is 5. The summed E-state index contributed by atoms with van der Waals surface area (Å²) in [4.78, 5) is 14.1. The van der Waals surface area contributed by atoms with Crippen LogP contribution in [0.5, 0.6) is 11.5 Å². The smallest absolute Gasteiger partial charge is 0.269 e. The van der Waals surface area contributed by atoms with E-state index in [4.69, 9.17) is 21.7 Å². The molecule has 0 unspecified atom stereocenters. The number of methoxy groups -OCH3 is 2. The molecule has 0 aliphatic heterocycles. The minimum Gasteiger partial charge on any atom is -0.497 e. The first-order chi connectivity index (χ1) is 10.5. The highest BCUT2D eigenvalue weighted by atomic mass is 32.1. The summed E-state index contributed by atoms with van der Waals surface area (Å²) in [5.41, 5.74) is 5.57. The maximum Gasteiger partial charge on any atom is 0.269 e. The Morgan fingerprint density at radius 2 is 1.73 bits per heavy atom. The summed E-state index contributed by atoms with van der Waals surface area (Å²) in [7, 11) is 6.99. The number of benzene rings is 1. The molecule has 0 radical (unpaired) electrons. The van der Waals surface area contributed by atoms with E-state index in [9.17, 15) is 4.79 Å². The van der Waals surface area contributed by atoms with Gasteiger partial charge in [0.2, 0.25) is 0 Å². The lowest BCUT2D eigenvalue weighted by atomic mass is 10.2. The number of thiocarbonyl (C=S) groups is 1. The minimum absolute atomic E-state index is 0.339. The summed E-state index contributed by atoms with van der Waals surface area (Å²) in [5, 5.41) is 3.33. The van der Waals surface area contributed by atoms with Crippen molar-refractivity contribution in [3.63, 3.8) is 0 Å². The zero-order valence-corrected chi connectivity index (χ0v) is 14.0. The molecule has 122 valence electrons. The lowest BCUT2D eigenvalue weighted by molar-refractivity contribution is 0.0943. The monoisotopic (exact) mass is 326 g/mol. The highest BCUT2D eigenvalue weighted by Crippen LogP contribution is 2.22. The molecule has 0 atom stereocenters. The van der Waals surface area contributed by atoms with Crippen molar-refractivity contribution in [1.29, 1.82) is 0 Å². The molecular weight excluding hydrogens is 304 g/mol. The van der Waals surface area contributed by atoms with Crippen LogP contribution in [0.3, 0.4) is 0 Å². The highest BCUT2D eigenvalue weighted by Gasteiger charge is 2.10. The Labute approximate surface area is 135 Å². The van der Waals surface area contributed by atoms with Crippen molar-refractivity contribution in [2.24, 2.45) is 0 Å². The van der Waals surface area contributed by atoms with Gasteiger partial charge in [-0.05, 0) is 38.4 Å². The lowest BCUT2D eigenvalue weighted by Gasteiger charge is -2.14. The van der Waals surface area contributed by atoms with Crippen molar-refractivity contribution in [3.8, 4) is 11.5 Å². The topological polar surface area (TPSA) is 74.9 Å². The summed E-state index contributed by atoms with van der Waals surface area (Å²) in [6, 6.07) is 4.92. The van der Waals surface area contributed by atoms with Gasteiger partial charge in [0.15, 0.2) is 5.11 Å². The van der Waals surface area contributed by atoms with E-state index in [1.165, 1.54) is 14.2 Å². The van der Waals surface area contributed by atoms with Gasteiger partial charge in [0.05, 0.1) is 14.2 Å². The van der Waals surface area contributed by atoms with Gasteiger partial charge >= 0.3 is 0 Å². The number of ether oxygens (including phenoxy) is 2. The Morgan fingerprint density at radius 3 is 2.23 bits per heavy atom. The molecule has 1 aromatic rings. The summed E-state index contributed by atoms with van der Waals surface area (Å²) >= 11 is 5.07. The van der Waals surface area contributed by atoms with E-state index in [-0.39, 0.29) is 5.91 Å². The maximum atomic E-state index is 12.1. The summed E-state index contributed by atoms with van der Waals surface area (Å²) in [6.45, 7) is 1.52. The molecule has 1 rings (SSSR count). The zero-order chi connectivity index (χ0) is 16.5. The predicted octanol–water partition coefficient (Wildman–Crippen LogP) is 0.374. The van der Waals surface area contributed by atoms with Crippen molar-refractivity contribution in [2.75, 3.05) is 41.4 Å². The van der Waals surface area contributed by atoms with Crippen molar-refractivity contribution in [1.82, 2.24) is 21.1 Å². The van der Waals surface area contributed by atoms with Gasteiger partial charge in [0.25, 0.3) is 5.91 Å².